The van der Waals surface area contributed by atoms with Gasteiger partial charge in [-0.05, 0) is 71.0 Å². The highest BCUT2D eigenvalue weighted by Gasteiger charge is 2.43. The van der Waals surface area contributed by atoms with Crippen molar-refractivity contribution in [1.82, 2.24) is 4.90 Å². The van der Waals surface area contributed by atoms with Gasteiger partial charge in [0, 0.05) is 42.4 Å². The van der Waals surface area contributed by atoms with Gasteiger partial charge in [-0.2, -0.15) is 0 Å². The van der Waals surface area contributed by atoms with Gasteiger partial charge in [0.05, 0.1) is 39.5 Å². The van der Waals surface area contributed by atoms with Crippen LogP contribution in [0.3, 0.4) is 0 Å². The molecular formula is C45H46N2O7. The lowest BCUT2D eigenvalue weighted by atomic mass is 9.82. The fourth-order valence-electron chi connectivity index (χ4n) is 7.52. The first kappa shape index (κ1) is 37.0. The second-order valence-electron chi connectivity index (χ2n) is 14.0. The molecule has 2 aliphatic rings. The van der Waals surface area contributed by atoms with E-state index in [-0.39, 0.29) is 42.8 Å². The van der Waals surface area contributed by atoms with E-state index in [2.05, 4.69) is 46.6 Å². The number of nitrogens with one attached hydrogen (secondary N) is 1. The van der Waals surface area contributed by atoms with Crippen LogP contribution in [0.15, 0.2) is 115 Å². The monoisotopic (exact) mass is 726 g/mol. The Morgan fingerprint density at radius 2 is 1.46 bits per heavy atom. The quantitative estimate of drug-likeness (QED) is 0.127. The van der Waals surface area contributed by atoms with Crippen LogP contribution in [0.5, 0.6) is 11.5 Å². The van der Waals surface area contributed by atoms with Gasteiger partial charge in [0.1, 0.15) is 0 Å². The molecule has 0 bridgehead atoms. The molecule has 2 aliphatic heterocycles. The lowest BCUT2D eigenvalue weighted by Crippen LogP contribution is -2.45. The molecular weight excluding hydrogens is 681 g/mol. The van der Waals surface area contributed by atoms with Crippen molar-refractivity contribution >= 4 is 17.4 Å². The number of nitrogens with zero attached hydrogens (tertiary/aromatic N) is 1. The van der Waals surface area contributed by atoms with E-state index >= 15 is 0 Å². The Kier molecular flexibility index (Phi) is 11.5. The van der Waals surface area contributed by atoms with Gasteiger partial charge < -0.3 is 29.4 Å². The summed E-state index contributed by atoms with van der Waals surface area (Å²) >= 11 is 0. The summed E-state index contributed by atoms with van der Waals surface area (Å²) in [5.74, 6) is 1.10. The van der Waals surface area contributed by atoms with E-state index in [1.807, 2.05) is 54.6 Å². The van der Waals surface area contributed by atoms with Crippen LogP contribution in [0.4, 0.5) is 5.69 Å². The highest BCUT2D eigenvalue weighted by Crippen LogP contribution is 2.47. The third-order valence-corrected chi connectivity index (χ3v) is 10.4. The molecule has 2 N–H and O–H groups in total. The van der Waals surface area contributed by atoms with Crippen molar-refractivity contribution in [3.8, 4) is 11.5 Å². The highest BCUT2D eigenvalue weighted by molar-refractivity contribution is 5.97. The maximum absolute atomic E-state index is 13.0. The van der Waals surface area contributed by atoms with E-state index in [1.165, 1.54) is 18.1 Å². The van der Waals surface area contributed by atoms with Crippen molar-refractivity contribution in [2.75, 3.05) is 32.6 Å². The molecule has 0 saturated carbocycles. The van der Waals surface area contributed by atoms with E-state index in [1.54, 1.807) is 38.5 Å². The number of methoxy groups -OCH3 is 2. The van der Waals surface area contributed by atoms with Crippen LogP contribution in [0.1, 0.15) is 74.5 Å². The minimum absolute atomic E-state index is 0.0372. The number of benzene rings is 5. The van der Waals surface area contributed by atoms with Crippen molar-refractivity contribution in [1.29, 1.82) is 0 Å². The number of hydrogen-bond donors (Lipinski definition) is 2. The number of ether oxygens (including phenoxy) is 4. The molecule has 2 heterocycles. The number of ketones is 1. The van der Waals surface area contributed by atoms with Gasteiger partial charge in [0.2, 0.25) is 5.91 Å². The van der Waals surface area contributed by atoms with Crippen molar-refractivity contribution in [2.45, 2.75) is 57.3 Å². The summed E-state index contributed by atoms with van der Waals surface area (Å²) in [5, 5.41) is 12.7. The molecule has 0 radical (unpaired) electrons. The predicted molar refractivity (Wildman–Crippen MR) is 207 cm³/mol. The lowest BCUT2D eigenvalue weighted by Gasteiger charge is -2.45. The number of anilines is 1. The number of fused-ring (bicyclic) bond motifs is 1. The molecule has 7 rings (SSSR count). The molecule has 0 spiro atoms. The first-order valence-corrected chi connectivity index (χ1v) is 18.3. The third-order valence-electron chi connectivity index (χ3n) is 10.4. The SMILES string of the molecule is COc1cc2c(cc1OC)CN(C[C@H]1OC(c3ccc(CC(=O)Nc4cccc(C(C)=O)c4)cc3)O[C@@H](c3ccc(CO)cc3)[C@@H]1c1ccccc1)CC2. The Labute approximate surface area is 316 Å². The molecule has 54 heavy (non-hydrogen) atoms. The number of carbonyl (C=O) groups is 2. The third kappa shape index (κ3) is 8.40. The molecule has 9 nitrogen and oxygen atoms in total. The fourth-order valence-corrected chi connectivity index (χ4v) is 7.52. The minimum atomic E-state index is -0.670. The fraction of sp³-hybridized carbons (Fsp3) is 0.289. The van der Waals surface area contributed by atoms with E-state index in [0.29, 0.717) is 17.8 Å². The van der Waals surface area contributed by atoms with Crippen molar-refractivity contribution in [2.24, 2.45) is 0 Å². The maximum atomic E-state index is 13.0. The van der Waals surface area contributed by atoms with Gasteiger partial charge in [-0.25, -0.2) is 0 Å². The number of rotatable bonds is 12. The molecule has 278 valence electrons. The first-order valence-electron chi connectivity index (χ1n) is 18.3. The van der Waals surface area contributed by atoms with E-state index < -0.39 is 6.29 Å². The van der Waals surface area contributed by atoms with Crippen molar-refractivity contribution in [3.05, 3.63) is 160 Å². The Morgan fingerprint density at radius 3 is 2.15 bits per heavy atom. The second kappa shape index (κ2) is 16.8. The van der Waals surface area contributed by atoms with Crippen LogP contribution in [-0.4, -0.2) is 55.1 Å². The number of aliphatic hydroxyl groups is 1. The van der Waals surface area contributed by atoms with Crippen LogP contribution >= 0.6 is 0 Å². The van der Waals surface area contributed by atoms with Gasteiger partial charge in [0.25, 0.3) is 0 Å². The summed E-state index contributed by atoms with van der Waals surface area (Å²) in [7, 11) is 3.33. The van der Waals surface area contributed by atoms with E-state index in [9.17, 15) is 14.7 Å². The molecule has 0 aromatic heterocycles. The van der Waals surface area contributed by atoms with Gasteiger partial charge >= 0.3 is 0 Å². The zero-order valence-electron chi connectivity index (χ0n) is 30.9. The summed E-state index contributed by atoms with van der Waals surface area (Å²) < 4.78 is 25.1. The molecule has 4 atom stereocenters. The standard InChI is InChI=1S/C45H46N2O7/c1-29(49)35-10-7-11-38(23-35)46-42(50)22-30-12-18-34(19-13-30)45-53-41(27-47-21-20-36-24-39(51-2)40(52-3)25-37(36)26-47)43(32-8-5-4-6-9-32)44(54-45)33-16-14-31(28-48)15-17-33/h4-19,23-25,41,43-45,48H,20-22,26-28H2,1-3H3,(H,46,50)/t41-,43-,44+,45?/m1/s1. The summed E-state index contributed by atoms with van der Waals surface area (Å²) in [6.07, 6.45) is -0.214. The van der Waals surface area contributed by atoms with Crippen LogP contribution in [0.25, 0.3) is 0 Å². The van der Waals surface area contributed by atoms with E-state index in [4.69, 9.17) is 18.9 Å². The Bertz CT molecular complexity index is 2070. The predicted octanol–water partition coefficient (Wildman–Crippen LogP) is 7.58. The number of Topliss-reactive ketones (excluding diaryl/α,β-unsaturated/α-hetero) is 1. The molecule has 0 aliphatic carbocycles. The minimum Gasteiger partial charge on any atom is -0.493 e. The molecule has 9 heteroatoms. The molecule has 1 amide bonds. The molecule has 1 unspecified atom stereocenters. The average molecular weight is 727 g/mol. The number of amides is 1. The molecule has 1 saturated heterocycles. The van der Waals surface area contributed by atoms with Crippen LogP contribution < -0.4 is 14.8 Å². The molecule has 1 fully saturated rings. The molecule has 5 aromatic rings. The van der Waals surface area contributed by atoms with Gasteiger partial charge in [-0.3, -0.25) is 14.5 Å². The lowest BCUT2D eigenvalue weighted by molar-refractivity contribution is -0.263. The zero-order chi connectivity index (χ0) is 37.6. The number of hydrogen-bond acceptors (Lipinski definition) is 8. The summed E-state index contributed by atoms with van der Waals surface area (Å²) in [6, 6.07) is 37.3. The zero-order valence-corrected chi connectivity index (χ0v) is 30.9. The maximum Gasteiger partial charge on any atom is 0.228 e. The Morgan fingerprint density at radius 1 is 0.778 bits per heavy atom. The largest absolute Gasteiger partial charge is 0.493 e. The summed E-state index contributed by atoms with van der Waals surface area (Å²) in [5.41, 5.74) is 8.24. The first-order chi connectivity index (χ1) is 26.3. The van der Waals surface area contributed by atoms with Crippen LogP contribution in [0, 0.1) is 0 Å². The smallest absolute Gasteiger partial charge is 0.228 e. The normalized spacial score (nSPS) is 19.8. The van der Waals surface area contributed by atoms with Gasteiger partial charge in [-0.1, -0.05) is 91.0 Å². The Balaban J connectivity index is 1.16. The summed E-state index contributed by atoms with van der Waals surface area (Å²) in [6.45, 7) is 3.74. The Hall–Kier alpha value is -5.32. The number of aliphatic hydroxyl groups excluding tert-OH is 1. The van der Waals surface area contributed by atoms with Crippen molar-refractivity contribution in [3.63, 3.8) is 0 Å². The highest BCUT2D eigenvalue weighted by atomic mass is 16.7. The van der Waals surface area contributed by atoms with Crippen molar-refractivity contribution < 1.29 is 33.6 Å². The van der Waals surface area contributed by atoms with Gasteiger partial charge in [-0.15, -0.1) is 0 Å². The number of carbonyl (C=O) groups excluding carboxylic acids is 2. The van der Waals surface area contributed by atoms with Gasteiger partial charge in [0.15, 0.2) is 23.6 Å². The molecule has 5 aromatic carbocycles. The topological polar surface area (TPSA) is 107 Å². The second-order valence-corrected chi connectivity index (χ2v) is 14.0. The average Bonchev–Trinajstić information content (AvgIpc) is 3.20. The van der Waals surface area contributed by atoms with E-state index in [0.717, 1.165) is 58.8 Å². The summed E-state index contributed by atoms with van der Waals surface area (Å²) in [4.78, 5) is 27.2. The van der Waals surface area contributed by atoms with Crippen LogP contribution in [-0.2, 0) is 40.3 Å². The van der Waals surface area contributed by atoms with Crippen LogP contribution in [0.2, 0.25) is 0 Å².